The van der Waals surface area contributed by atoms with Crippen molar-refractivity contribution in [2.45, 2.75) is 23.7 Å². The number of hydrogen-bond acceptors (Lipinski definition) is 4. The van der Waals surface area contributed by atoms with E-state index in [1.807, 2.05) is 30.5 Å². The maximum Gasteiger partial charge on any atom is 0.573 e. The Kier molecular flexibility index (Phi) is 7.96. The lowest BCUT2D eigenvalue weighted by molar-refractivity contribution is -0.274. The SMILES string of the molecule is CNS(=O)c1ccc(-c2ccc(OC(F)(F)F)c(C(=O)NC(CN)Cc3c[nH]c4ccccc34)c2)cc1. The number of nitrogens with two attached hydrogens (primary N) is 1. The summed E-state index contributed by atoms with van der Waals surface area (Å²) in [6.07, 6.45) is -2.78. The second kappa shape index (κ2) is 11.2. The van der Waals surface area contributed by atoms with Gasteiger partial charge in [0.2, 0.25) is 0 Å². The Morgan fingerprint density at radius 1 is 1.08 bits per heavy atom. The maximum absolute atomic E-state index is 13.2. The molecule has 1 heterocycles. The lowest BCUT2D eigenvalue weighted by Crippen LogP contribution is -2.42. The third-order valence-electron chi connectivity index (χ3n) is 5.80. The van der Waals surface area contributed by atoms with Crippen LogP contribution in [0.1, 0.15) is 15.9 Å². The first-order chi connectivity index (χ1) is 17.7. The maximum atomic E-state index is 13.2. The van der Waals surface area contributed by atoms with Gasteiger partial charge in [-0.2, -0.15) is 0 Å². The molecule has 0 aliphatic heterocycles. The molecule has 4 rings (SSSR count). The van der Waals surface area contributed by atoms with Gasteiger partial charge >= 0.3 is 6.36 Å². The minimum Gasteiger partial charge on any atom is -0.405 e. The van der Waals surface area contributed by atoms with Crippen LogP contribution in [0.15, 0.2) is 77.8 Å². The van der Waals surface area contributed by atoms with Crippen molar-refractivity contribution in [1.82, 2.24) is 15.0 Å². The number of rotatable bonds is 9. The Bertz CT molecular complexity index is 1420. The number of H-pyrrole nitrogens is 1. The zero-order valence-corrected chi connectivity index (χ0v) is 20.6. The number of benzene rings is 3. The van der Waals surface area contributed by atoms with Crippen molar-refractivity contribution in [2.24, 2.45) is 5.73 Å². The Morgan fingerprint density at radius 3 is 2.46 bits per heavy atom. The van der Waals surface area contributed by atoms with Crippen LogP contribution in [0.25, 0.3) is 22.0 Å². The first-order valence-electron chi connectivity index (χ1n) is 11.3. The van der Waals surface area contributed by atoms with Gasteiger partial charge in [0, 0.05) is 29.7 Å². The number of carbonyl (C=O) groups is 1. The molecule has 0 radical (unpaired) electrons. The van der Waals surface area contributed by atoms with E-state index in [1.165, 1.54) is 12.1 Å². The van der Waals surface area contributed by atoms with Crippen molar-refractivity contribution in [3.8, 4) is 16.9 Å². The molecule has 7 nitrogen and oxygen atoms in total. The zero-order chi connectivity index (χ0) is 26.6. The number of nitrogens with one attached hydrogen (secondary N) is 3. The molecular weight excluding hydrogens is 505 g/mol. The largest absolute Gasteiger partial charge is 0.573 e. The molecule has 3 aromatic carbocycles. The van der Waals surface area contributed by atoms with Crippen LogP contribution in [0.2, 0.25) is 0 Å². The topological polar surface area (TPSA) is 109 Å². The van der Waals surface area contributed by atoms with Crippen molar-refractivity contribution in [1.29, 1.82) is 0 Å². The van der Waals surface area contributed by atoms with Gasteiger partial charge in [0.15, 0.2) is 0 Å². The number of alkyl halides is 3. The molecule has 5 N–H and O–H groups in total. The lowest BCUT2D eigenvalue weighted by Gasteiger charge is -2.19. The fourth-order valence-electron chi connectivity index (χ4n) is 4.01. The molecule has 2 atom stereocenters. The molecule has 11 heteroatoms. The molecular formula is C26H25F3N4O3S. The van der Waals surface area contributed by atoms with E-state index in [2.05, 4.69) is 19.8 Å². The minimum atomic E-state index is -4.98. The number of ether oxygens (including phenoxy) is 1. The van der Waals surface area contributed by atoms with E-state index >= 15 is 0 Å². The number of amides is 1. The normalized spacial score (nSPS) is 13.3. The van der Waals surface area contributed by atoms with Crippen LogP contribution in [-0.4, -0.2) is 41.1 Å². The van der Waals surface area contributed by atoms with Crippen LogP contribution in [-0.2, 0) is 17.4 Å². The number of carbonyl (C=O) groups excluding carboxylic acids is 1. The summed E-state index contributed by atoms with van der Waals surface area (Å²) in [7, 11) is 0.171. The number of aromatic nitrogens is 1. The predicted octanol–water partition coefficient (Wildman–Crippen LogP) is 4.28. The molecule has 1 aromatic heterocycles. The van der Waals surface area contributed by atoms with Crippen molar-refractivity contribution >= 4 is 27.8 Å². The molecule has 1 amide bonds. The highest BCUT2D eigenvalue weighted by molar-refractivity contribution is 7.83. The summed E-state index contributed by atoms with van der Waals surface area (Å²) in [6.45, 7) is 0.0739. The fourth-order valence-corrected chi connectivity index (χ4v) is 4.63. The van der Waals surface area contributed by atoms with Gasteiger partial charge in [-0.25, -0.2) is 8.93 Å². The van der Waals surface area contributed by atoms with Crippen molar-refractivity contribution in [2.75, 3.05) is 13.6 Å². The summed E-state index contributed by atoms with van der Waals surface area (Å²) in [4.78, 5) is 16.9. The third-order valence-corrected chi connectivity index (χ3v) is 6.87. The van der Waals surface area contributed by atoms with Gasteiger partial charge < -0.3 is 20.8 Å². The van der Waals surface area contributed by atoms with Crippen LogP contribution < -0.4 is 20.5 Å². The molecule has 0 bridgehead atoms. The average molecular weight is 531 g/mol. The number of halogens is 3. The van der Waals surface area contributed by atoms with E-state index in [0.29, 0.717) is 22.4 Å². The number of hydrogen-bond donors (Lipinski definition) is 4. The molecule has 0 saturated heterocycles. The molecule has 2 unspecified atom stereocenters. The van der Waals surface area contributed by atoms with Gasteiger partial charge in [-0.05, 0) is 60.5 Å². The van der Waals surface area contributed by atoms with E-state index < -0.39 is 35.0 Å². The minimum absolute atomic E-state index is 0.0739. The standard InChI is InChI=1S/C26H25F3N4O3S/c1-31-37(35)20-9-6-16(7-10-20)17-8-11-24(36-26(27,28)29)22(13-17)25(34)33-19(14-30)12-18-15-32-23-5-3-2-4-21(18)23/h2-11,13,15,19,31-32H,12,14,30H2,1H3,(H,33,34). The molecule has 4 aromatic rings. The summed E-state index contributed by atoms with van der Waals surface area (Å²) in [5.41, 5.74) is 8.58. The quantitative estimate of drug-likeness (QED) is 0.259. The summed E-state index contributed by atoms with van der Waals surface area (Å²) >= 11 is 0. The fraction of sp³-hybridized carbons (Fsp3) is 0.192. The Labute approximate surface area is 213 Å². The number of aromatic amines is 1. The highest BCUT2D eigenvalue weighted by Gasteiger charge is 2.33. The number of para-hydroxylation sites is 1. The monoisotopic (exact) mass is 530 g/mol. The number of fused-ring (bicyclic) bond motifs is 1. The van der Waals surface area contributed by atoms with E-state index in [-0.39, 0.29) is 12.1 Å². The second-order valence-corrected chi connectivity index (χ2v) is 9.64. The molecule has 194 valence electrons. The average Bonchev–Trinajstić information content (AvgIpc) is 3.30. The summed E-state index contributed by atoms with van der Waals surface area (Å²) in [5.74, 6) is -1.37. The lowest BCUT2D eigenvalue weighted by atomic mass is 10.0. The molecule has 0 aliphatic carbocycles. The van der Waals surface area contributed by atoms with E-state index in [0.717, 1.165) is 22.5 Å². The Balaban J connectivity index is 1.62. The van der Waals surface area contributed by atoms with Crippen molar-refractivity contribution < 1.29 is 26.9 Å². The van der Waals surface area contributed by atoms with Gasteiger partial charge in [0.1, 0.15) is 16.7 Å². The van der Waals surface area contributed by atoms with E-state index in [4.69, 9.17) is 5.73 Å². The highest BCUT2D eigenvalue weighted by atomic mass is 32.2. The predicted molar refractivity (Wildman–Crippen MR) is 136 cm³/mol. The summed E-state index contributed by atoms with van der Waals surface area (Å²) in [5, 5.41) is 3.72. The van der Waals surface area contributed by atoms with Crippen molar-refractivity contribution in [3.05, 3.63) is 84.1 Å². The smallest absolute Gasteiger partial charge is 0.405 e. The van der Waals surface area contributed by atoms with Crippen LogP contribution >= 0.6 is 0 Å². The Hall–Kier alpha value is -3.67. The molecule has 37 heavy (non-hydrogen) atoms. The molecule has 0 spiro atoms. The first kappa shape index (κ1) is 26.4. The van der Waals surface area contributed by atoms with Gasteiger partial charge in [0.25, 0.3) is 5.91 Å². The molecule has 0 saturated carbocycles. The van der Waals surface area contributed by atoms with Crippen LogP contribution in [0.3, 0.4) is 0 Å². The molecule has 0 aliphatic rings. The van der Waals surface area contributed by atoms with Gasteiger partial charge in [0.05, 0.1) is 10.5 Å². The Morgan fingerprint density at radius 2 is 1.78 bits per heavy atom. The first-order valence-corrected chi connectivity index (χ1v) is 12.5. The van der Waals surface area contributed by atoms with Gasteiger partial charge in [-0.1, -0.05) is 36.4 Å². The highest BCUT2D eigenvalue weighted by Crippen LogP contribution is 2.31. The van der Waals surface area contributed by atoms with E-state index in [1.54, 1.807) is 31.3 Å². The summed E-state index contributed by atoms with van der Waals surface area (Å²) in [6, 6.07) is 17.6. The van der Waals surface area contributed by atoms with Crippen LogP contribution in [0.4, 0.5) is 13.2 Å². The second-order valence-electron chi connectivity index (χ2n) is 8.23. The molecule has 0 fully saturated rings. The third kappa shape index (κ3) is 6.37. The van der Waals surface area contributed by atoms with Gasteiger partial charge in [-0.3, -0.25) is 4.79 Å². The van der Waals surface area contributed by atoms with E-state index in [9.17, 15) is 22.2 Å². The van der Waals surface area contributed by atoms with Crippen LogP contribution in [0.5, 0.6) is 5.75 Å². The summed E-state index contributed by atoms with van der Waals surface area (Å²) < 4.78 is 57.9. The van der Waals surface area contributed by atoms with Gasteiger partial charge in [-0.15, -0.1) is 13.2 Å². The van der Waals surface area contributed by atoms with Crippen molar-refractivity contribution in [3.63, 3.8) is 0 Å². The van der Waals surface area contributed by atoms with Crippen LogP contribution in [0, 0.1) is 0 Å². The zero-order valence-electron chi connectivity index (χ0n) is 19.8.